The SMILES string of the molecule is O=C(CCC1CCCC1)N(CCCN1CCOCC1)Cc1ccc(Cl)cc1. The molecule has 1 aromatic carbocycles. The summed E-state index contributed by atoms with van der Waals surface area (Å²) in [5, 5.41) is 0.741. The fourth-order valence-corrected chi connectivity index (χ4v) is 4.32. The van der Waals surface area contributed by atoms with Crippen LogP contribution in [0.25, 0.3) is 0 Å². The number of morpholine rings is 1. The van der Waals surface area contributed by atoms with E-state index in [1.165, 1.54) is 25.7 Å². The van der Waals surface area contributed by atoms with E-state index >= 15 is 0 Å². The third-order valence-electron chi connectivity index (χ3n) is 5.89. The number of hydrogen-bond acceptors (Lipinski definition) is 3. The van der Waals surface area contributed by atoms with Crippen LogP contribution in [0.2, 0.25) is 5.02 Å². The smallest absolute Gasteiger partial charge is 0.222 e. The largest absolute Gasteiger partial charge is 0.379 e. The standard InChI is InChI=1S/C22H33ClN2O2/c23-21-9-6-20(7-10-21)18-25(13-3-12-24-14-16-27-17-15-24)22(26)11-8-19-4-1-2-5-19/h6-7,9-10,19H,1-5,8,11-18H2. The Morgan fingerprint density at radius 1 is 1.15 bits per heavy atom. The fourth-order valence-electron chi connectivity index (χ4n) is 4.20. The molecule has 1 aromatic rings. The summed E-state index contributed by atoms with van der Waals surface area (Å²) >= 11 is 6.01. The summed E-state index contributed by atoms with van der Waals surface area (Å²) in [6.45, 7) is 6.22. The molecule has 150 valence electrons. The molecule has 1 aliphatic carbocycles. The van der Waals surface area contributed by atoms with E-state index in [1.54, 1.807) is 0 Å². The minimum Gasteiger partial charge on any atom is -0.379 e. The zero-order chi connectivity index (χ0) is 18.9. The van der Waals surface area contributed by atoms with E-state index in [0.29, 0.717) is 18.9 Å². The van der Waals surface area contributed by atoms with Gasteiger partial charge in [0.1, 0.15) is 0 Å². The highest BCUT2D eigenvalue weighted by atomic mass is 35.5. The molecule has 5 heteroatoms. The summed E-state index contributed by atoms with van der Waals surface area (Å²) in [6.07, 6.45) is 8.06. The molecule has 1 amide bonds. The normalized spacial score (nSPS) is 18.7. The Bertz CT molecular complexity index is 566. The van der Waals surface area contributed by atoms with Crippen LogP contribution < -0.4 is 0 Å². The van der Waals surface area contributed by atoms with Crippen LogP contribution in [-0.4, -0.2) is 55.1 Å². The first-order valence-electron chi connectivity index (χ1n) is 10.5. The van der Waals surface area contributed by atoms with Crippen molar-refractivity contribution in [3.8, 4) is 0 Å². The molecule has 2 fully saturated rings. The van der Waals surface area contributed by atoms with Gasteiger partial charge in [0.2, 0.25) is 5.91 Å². The van der Waals surface area contributed by atoms with Gasteiger partial charge < -0.3 is 9.64 Å². The quantitative estimate of drug-likeness (QED) is 0.625. The predicted molar refractivity (Wildman–Crippen MR) is 110 cm³/mol. The van der Waals surface area contributed by atoms with Crippen LogP contribution in [0.5, 0.6) is 0 Å². The molecule has 1 aliphatic heterocycles. The minimum atomic E-state index is 0.304. The van der Waals surface area contributed by atoms with Crippen molar-refractivity contribution in [2.24, 2.45) is 5.92 Å². The number of benzene rings is 1. The van der Waals surface area contributed by atoms with E-state index in [4.69, 9.17) is 16.3 Å². The summed E-state index contributed by atoms with van der Waals surface area (Å²) in [4.78, 5) is 17.4. The molecule has 3 rings (SSSR count). The lowest BCUT2D eigenvalue weighted by Crippen LogP contribution is -2.39. The van der Waals surface area contributed by atoms with Gasteiger partial charge in [-0.25, -0.2) is 0 Å². The van der Waals surface area contributed by atoms with E-state index in [2.05, 4.69) is 9.80 Å². The summed E-state index contributed by atoms with van der Waals surface area (Å²) in [5.41, 5.74) is 1.15. The van der Waals surface area contributed by atoms with Gasteiger partial charge in [0.25, 0.3) is 0 Å². The van der Waals surface area contributed by atoms with E-state index in [-0.39, 0.29) is 0 Å². The van der Waals surface area contributed by atoms with Gasteiger partial charge in [-0.2, -0.15) is 0 Å². The van der Waals surface area contributed by atoms with Crippen molar-refractivity contribution >= 4 is 17.5 Å². The molecule has 4 nitrogen and oxygen atoms in total. The van der Waals surface area contributed by atoms with Crippen molar-refractivity contribution < 1.29 is 9.53 Å². The number of carbonyl (C=O) groups excluding carboxylic acids is 1. The number of rotatable bonds is 9. The van der Waals surface area contributed by atoms with Crippen molar-refractivity contribution in [3.63, 3.8) is 0 Å². The molecular formula is C22H33ClN2O2. The summed E-state index contributed by atoms with van der Waals surface area (Å²) < 4.78 is 5.42. The van der Waals surface area contributed by atoms with E-state index in [9.17, 15) is 4.79 Å². The van der Waals surface area contributed by atoms with Crippen molar-refractivity contribution in [1.29, 1.82) is 0 Å². The number of carbonyl (C=O) groups is 1. The molecule has 0 unspecified atom stereocenters. The average Bonchev–Trinajstić information content (AvgIpc) is 3.21. The third-order valence-corrected chi connectivity index (χ3v) is 6.14. The Kier molecular flexibility index (Phi) is 8.43. The number of halogens is 1. The second kappa shape index (κ2) is 11.0. The van der Waals surface area contributed by atoms with Crippen molar-refractivity contribution in [2.45, 2.75) is 51.5 Å². The monoisotopic (exact) mass is 392 g/mol. The van der Waals surface area contributed by atoms with Crippen molar-refractivity contribution in [3.05, 3.63) is 34.9 Å². The molecule has 0 atom stereocenters. The first-order chi connectivity index (χ1) is 13.2. The number of nitrogens with zero attached hydrogens (tertiary/aromatic N) is 2. The van der Waals surface area contributed by atoms with Crippen LogP contribution >= 0.6 is 11.6 Å². The summed E-state index contributed by atoms with van der Waals surface area (Å²) in [5.74, 6) is 1.07. The number of hydrogen-bond donors (Lipinski definition) is 0. The van der Waals surface area contributed by atoms with Gasteiger partial charge in [0, 0.05) is 44.2 Å². The highest BCUT2D eigenvalue weighted by Gasteiger charge is 2.20. The lowest BCUT2D eigenvalue weighted by atomic mass is 10.0. The van der Waals surface area contributed by atoms with Gasteiger partial charge in [0.15, 0.2) is 0 Å². The average molecular weight is 393 g/mol. The van der Waals surface area contributed by atoms with Crippen LogP contribution in [0.3, 0.4) is 0 Å². The van der Waals surface area contributed by atoms with Gasteiger partial charge in [0.05, 0.1) is 13.2 Å². The van der Waals surface area contributed by atoms with Gasteiger partial charge in [-0.1, -0.05) is 49.4 Å². The maximum absolute atomic E-state index is 12.9. The molecule has 0 N–H and O–H groups in total. The topological polar surface area (TPSA) is 32.8 Å². The van der Waals surface area contributed by atoms with Gasteiger partial charge in [-0.15, -0.1) is 0 Å². The molecule has 1 saturated heterocycles. The van der Waals surface area contributed by atoms with Crippen LogP contribution in [-0.2, 0) is 16.1 Å². The molecule has 1 saturated carbocycles. The lowest BCUT2D eigenvalue weighted by Gasteiger charge is -2.28. The van der Waals surface area contributed by atoms with Crippen molar-refractivity contribution in [1.82, 2.24) is 9.80 Å². The summed E-state index contributed by atoms with van der Waals surface area (Å²) in [6, 6.07) is 7.88. The first-order valence-corrected chi connectivity index (χ1v) is 10.9. The molecule has 2 aliphatic rings. The third kappa shape index (κ3) is 7.10. The second-order valence-electron chi connectivity index (χ2n) is 7.94. The lowest BCUT2D eigenvalue weighted by molar-refractivity contribution is -0.132. The van der Waals surface area contributed by atoms with Crippen LogP contribution in [0.4, 0.5) is 0 Å². The first kappa shape index (κ1) is 20.6. The van der Waals surface area contributed by atoms with Gasteiger partial charge >= 0.3 is 0 Å². The maximum Gasteiger partial charge on any atom is 0.222 e. The molecular weight excluding hydrogens is 360 g/mol. The number of ether oxygens (including phenoxy) is 1. The molecule has 0 radical (unpaired) electrons. The van der Waals surface area contributed by atoms with Gasteiger partial charge in [-0.3, -0.25) is 9.69 Å². The zero-order valence-electron chi connectivity index (χ0n) is 16.4. The van der Waals surface area contributed by atoms with Crippen molar-refractivity contribution in [2.75, 3.05) is 39.4 Å². The second-order valence-corrected chi connectivity index (χ2v) is 8.37. The Morgan fingerprint density at radius 3 is 2.56 bits per heavy atom. The van der Waals surface area contributed by atoms with E-state index in [1.807, 2.05) is 24.3 Å². The Balaban J connectivity index is 1.51. The maximum atomic E-state index is 12.9. The number of amides is 1. The minimum absolute atomic E-state index is 0.304. The Labute approximate surface area is 168 Å². The van der Waals surface area contributed by atoms with E-state index < -0.39 is 0 Å². The zero-order valence-corrected chi connectivity index (χ0v) is 17.1. The molecule has 0 bridgehead atoms. The predicted octanol–water partition coefficient (Wildman–Crippen LogP) is 4.36. The van der Waals surface area contributed by atoms with Crippen LogP contribution in [0.1, 0.15) is 50.5 Å². The van der Waals surface area contributed by atoms with E-state index in [0.717, 1.165) is 68.7 Å². The Morgan fingerprint density at radius 2 is 1.85 bits per heavy atom. The molecule has 0 aromatic heterocycles. The highest BCUT2D eigenvalue weighted by molar-refractivity contribution is 6.30. The van der Waals surface area contributed by atoms with Crippen LogP contribution in [0, 0.1) is 5.92 Å². The highest BCUT2D eigenvalue weighted by Crippen LogP contribution is 2.28. The fraction of sp³-hybridized carbons (Fsp3) is 0.682. The molecule has 0 spiro atoms. The van der Waals surface area contributed by atoms with Gasteiger partial charge in [-0.05, 0) is 36.5 Å². The molecule has 27 heavy (non-hydrogen) atoms. The van der Waals surface area contributed by atoms with Crippen LogP contribution in [0.15, 0.2) is 24.3 Å². The molecule has 1 heterocycles. The summed E-state index contributed by atoms with van der Waals surface area (Å²) in [7, 11) is 0. The Hall–Kier alpha value is -1.10.